The predicted octanol–water partition coefficient (Wildman–Crippen LogP) is 4.59. The molecule has 0 bridgehead atoms. The maximum atomic E-state index is 12.5. The lowest BCUT2D eigenvalue weighted by atomic mass is 9.90. The fourth-order valence-corrected chi connectivity index (χ4v) is 4.30. The molecule has 4 rings (SSSR count). The summed E-state index contributed by atoms with van der Waals surface area (Å²) >= 11 is 0. The summed E-state index contributed by atoms with van der Waals surface area (Å²) in [6.45, 7) is 2.43. The first-order valence-electron chi connectivity index (χ1n) is 9.96. The smallest absolute Gasteiger partial charge is 0.276 e. The van der Waals surface area contributed by atoms with Gasteiger partial charge in [0, 0.05) is 5.56 Å². The van der Waals surface area contributed by atoms with Crippen molar-refractivity contribution in [3.05, 3.63) is 95.1 Å². The zero-order valence-corrected chi connectivity index (χ0v) is 17.7. The second kappa shape index (κ2) is 8.71. The van der Waals surface area contributed by atoms with Gasteiger partial charge >= 0.3 is 0 Å². The van der Waals surface area contributed by atoms with Crippen LogP contribution >= 0.6 is 0 Å². The molecule has 0 saturated carbocycles. The molecule has 0 unspecified atom stereocenters. The number of rotatable bonds is 6. The van der Waals surface area contributed by atoms with E-state index >= 15 is 0 Å². The van der Waals surface area contributed by atoms with Crippen LogP contribution in [0.2, 0.25) is 0 Å². The molecule has 0 heterocycles. The predicted molar refractivity (Wildman–Crippen MR) is 118 cm³/mol. The number of fused-ring (bicyclic) bond motifs is 1. The van der Waals surface area contributed by atoms with Gasteiger partial charge in [0.25, 0.3) is 10.0 Å². The molecule has 0 fully saturated rings. The van der Waals surface area contributed by atoms with Crippen molar-refractivity contribution < 1.29 is 13.2 Å². The summed E-state index contributed by atoms with van der Waals surface area (Å²) in [7, 11) is -3.69. The molecule has 3 aromatic carbocycles. The molecule has 30 heavy (non-hydrogen) atoms. The van der Waals surface area contributed by atoms with Crippen LogP contribution in [0.1, 0.15) is 35.1 Å². The maximum Gasteiger partial charge on any atom is 0.276 e. The van der Waals surface area contributed by atoms with Crippen LogP contribution in [-0.4, -0.2) is 14.1 Å². The molecule has 3 aromatic rings. The quantitative estimate of drug-likeness (QED) is 0.593. The summed E-state index contributed by atoms with van der Waals surface area (Å²) in [6, 6.07) is 22.7. The van der Waals surface area contributed by atoms with E-state index in [0.717, 1.165) is 53.0 Å². The average molecular weight is 421 g/mol. The fourth-order valence-electron chi connectivity index (χ4n) is 3.47. The van der Waals surface area contributed by atoms with E-state index in [1.165, 1.54) is 0 Å². The first-order chi connectivity index (χ1) is 14.5. The van der Waals surface area contributed by atoms with Gasteiger partial charge in [-0.3, -0.25) is 0 Å². The van der Waals surface area contributed by atoms with Gasteiger partial charge in [0.15, 0.2) is 0 Å². The first-order valence-corrected chi connectivity index (χ1v) is 11.4. The van der Waals surface area contributed by atoms with Crippen molar-refractivity contribution in [2.24, 2.45) is 5.10 Å². The molecule has 0 radical (unpaired) electrons. The van der Waals surface area contributed by atoms with Gasteiger partial charge in [0.05, 0.1) is 10.6 Å². The molecule has 0 spiro atoms. The van der Waals surface area contributed by atoms with Crippen molar-refractivity contribution in [2.75, 3.05) is 0 Å². The summed E-state index contributed by atoms with van der Waals surface area (Å²) in [5.41, 5.74) is 4.97. The highest BCUT2D eigenvalue weighted by atomic mass is 32.2. The van der Waals surface area contributed by atoms with E-state index in [1.54, 1.807) is 24.3 Å². The van der Waals surface area contributed by atoms with E-state index in [1.807, 2.05) is 55.5 Å². The number of hydrazone groups is 1. The third kappa shape index (κ3) is 4.71. The summed E-state index contributed by atoms with van der Waals surface area (Å²) in [4.78, 5) is 2.60. The van der Waals surface area contributed by atoms with Crippen LogP contribution in [0.3, 0.4) is 0 Å². The zero-order chi connectivity index (χ0) is 21.0. The van der Waals surface area contributed by atoms with Crippen molar-refractivity contribution in [3.8, 4) is 5.75 Å². The molecule has 0 amide bonds. The Kier molecular flexibility index (Phi) is 5.86. The van der Waals surface area contributed by atoms with Crippen LogP contribution < -0.4 is 9.57 Å². The SMILES string of the molecule is Cc1ccc(S(=O)(=O)N/N=C2\CCCc3cc(OCc4ccccc4)ccc32)cc1. The monoisotopic (exact) mass is 420 g/mol. The highest BCUT2D eigenvalue weighted by Crippen LogP contribution is 2.26. The Balaban J connectivity index is 1.50. The lowest BCUT2D eigenvalue weighted by Crippen LogP contribution is -2.22. The highest BCUT2D eigenvalue weighted by Gasteiger charge is 2.18. The van der Waals surface area contributed by atoms with E-state index in [9.17, 15) is 8.42 Å². The van der Waals surface area contributed by atoms with Crippen molar-refractivity contribution in [1.82, 2.24) is 4.83 Å². The van der Waals surface area contributed by atoms with Crippen LogP contribution in [0.5, 0.6) is 5.75 Å². The molecule has 0 aliphatic heterocycles. The van der Waals surface area contributed by atoms with Crippen LogP contribution in [0.4, 0.5) is 0 Å². The number of hydrogen-bond acceptors (Lipinski definition) is 4. The minimum absolute atomic E-state index is 0.207. The normalized spacial score (nSPS) is 14.9. The number of nitrogens with one attached hydrogen (secondary N) is 1. The number of ether oxygens (including phenoxy) is 1. The van der Waals surface area contributed by atoms with Crippen molar-refractivity contribution in [2.45, 2.75) is 37.7 Å². The Morgan fingerprint density at radius 2 is 1.73 bits per heavy atom. The largest absolute Gasteiger partial charge is 0.489 e. The van der Waals surface area contributed by atoms with Gasteiger partial charge in [-0.15, -0.1) is 0 Å². The lowest BCUT2D eigenvalue weighted by molar-refractivity contribution is 0.306. The molecule has 0 aromatic heterocycles. The minimum Gasteiger partial charge on any atom is -0.489 e. The first kappa shape index (κ1) is 20.2. The van der Waals surface area contributed by atoms with Gasteiger partial charge in [-0.25, -0.2) is 0 Å². The zero-order valence-electron chi connectivity index (χ0n) is 16.8. The topological polar surface area (TPSA) is 67.8 Å². The lowest BCUT2D eigenvalue weighted by Gasteiger charge is -2.19. The van der Waals surface area contributed by atoms with Crippen LogP contribution in [0.25, 0.3) is 0 Å². The van der Waals surface area contributed by atoms with E-state index in [0.29, 0.717) is 6.61 Å². The standard InChI is InChI=1S/C24H24N2O3S/c1-18-10-13-22(14-11-18)30(27,28)26-25-24-9-5-8-20-16-21(12-15-23(20)24)29-17-19-6-3-2-4-7-19/h2-4,6-7,10-16,26H,5,8-9,17H2,1H3/b25-24+. The molecule has 1 aliphatic rings. The Bertz CT molecular complexity index is 1150. The molecule has 5 nitrogen and oxygen atoms in total. The summed E-state index contributed by atoms with van der Waals surface area (Å²) in [6.07, 6.45) is 2.56. The van der Waals surface area contributed by atoms with Crippen LogP contribution in [0, 0.1) is 6.92 Å². The minimum atomic E-state index is -3.69. The third-order valence-corrected chi connectivity index (χ3v) is 6.35. The van der Waals surface area contributed by atoms with Gasteiger partial charge in [0.2, 0.25) is 0 Å². The Morgan fingerprint density at radius 1 is 0.967 bits per heavy atom. The molecule has 0 saturated heterocycles. The molecule has 1 N–H and O–H groups in total. The van der Waals surface area contributed by atoms with Crippen LogP contribution in [-0.2, 0) is 23.1 Å². The molecular weight excluding hydrogens is 396 g/mol. The summed E-state index contributed by atoms with van der Waals surface area (Å²) in [5, 5.41) is 4.26. The molecule has 6 heteroatoms. The second-order valence-corrected chi connectivity index (χ2v) is 9.07. The Labute approximate surface area is 177 Å². The third-order valence-electron chi connectivity index (χ3n) is 5.13. The van der Waals surface area contributed by atoms with E-state index in [-0.39, 0.29) is 4.90 Å². The van der Waals surface area contributed by atoms with E-state index in [2.05, 4.69) is 9.93 Å². The summed E-state index contributed by atoms with van der Waals surface area (Å²) < 4.78 is 31.0. The maximum absolute atomic E-state index is 12.5. The van der Waals surface area contributed by atoms with Gasteiger partial charge in [-0.2, -0.15) is 18.4 Å². The molecule has 1 aliphatic carbocycles. The highest BCUT2D eigenvalue weighted by molar-refractivity contribution is 7.89. The van der Waals surface area contributed by atoms with Crippen molar-refractivity contribution in [1.29, 1.82) is 0 Å². The number of benzene rings is 3. The molecule has 0 atom stereocenters. The summed E-state index contributed by atoms with van der Waals surface area (Å²) in [5.74, 6) is 0.805. The van der Waals surface area contributed by atoms with Gasteiger partial charge in [0.1, 0.15) is 12.4 Å². The molecular formula is C24H24N2O3S. The number of nitrogens with zero attached hydrogens (tertiary/aromatic N) is 1. The Morgan fingerprint density at radius 3 is 2.50 bits per heavy atom. The van der Waals surface area contributed by atoms with Gasteiger partial charge < -0.3 is 4.74 Å². The second-order valence-electron chi connectivity index (χ2n) is 7.41. The number of hydrogen-bond donors (Lipinski definition) is 1. The average Bonchev–Trinajstić information content (AvgIpc) is 2.77. The van der Waals surface area contributed by atoms with Crippen molar-refractivity contribution in [3.63, 3.8) is 0 Å². The molecule has 154 valence electrons. The van der Waals surface area contributed by atoms with Crippen LogP contribution in [0.15, 0.2) is 82.8 Å². The number of sulfonamides is 1. The fraction of sp³-hybridized carbons (Fsp3) is 0.208. The Hall–Kier alpha value is -3.12. The van der Waals surface area contributed by atoms with Gasteiger partial charge in [-0.05, 0) is 67.6 Å². The number of aryl methyl sites for hydroxylation is 2. The van der Waals surface area contributed by atoms with Crippen molar-refractivity contribution >= 4 is 15.7 Å². The van der Waals surface area contributed by atoms with E-state index < -0.39 is 10.0 Å². The van der Waals surface area contributed by atoms with Gasteiger partial charge in [-0.1, -0.05) is 48.0 Å². The van der Waals surface area contributed by atoms with E-state index in [4.69, 9.17) is 4.74 Å².